The molecule has 1 N–H and O–H groups in total. The van der Waals surface area contributed by atoms with Gasteiger partial charge in [0, 0.05) is 49.4 Å². The smallest absolute Gasteiger partial charge is 0.247 e. The van der Waals surface area contributed by atoms with Gasteiger partial charge in [-0.15, -0.1) is 0 Å². The molecule has 2 aliphatic heterocycles. The highest BCUT2D eigenvalue weighted by atomic mass is 16.5. The minimum atomic E-state index is -0.531. The Morgan fingerprint density at radius 1 is 1.07 bits per heavy atom. The minimum absolute atomic E-state index is 0.0643. The highest BCUT2D eigenvalue weighted by Crippen LogP contribution is 2.48. The third-order valence-electron chi connectivity index (χ3n) is 6.39. The van der Waals surface area contributed by atoms with E-state index in [0.717, 1.165) is 28.8 Å². The van der Waals surface area contributed by atoms with Gasteiger partial charge in [0.15, 0.2) is 0 Å². The van der Waals surface area contributed by atoms with E-state index in [2.05, 4.69) is 35.3 Å². The second-order valence-corrected chi connectivity index (χ2v) is 8.02. The summed E-state index contributed by atoms with van der Waals surface area (Å²) >= 11 is 0. The summed E-state index contributed by atoms with van der Waals surface area (Å²) in [5, 5.41) is 1.24. The number of hydrogen-bond donors (Lipinski definition) is 1. The van der Waals surface area contributed by atoms with Gasteiger partial charge in [0.2, 0.25) is 5.91 Å². The maximum atomic E-state index is 12.9. The van der Waals surface area contributed by atoms with Crippen molar-refractivity contribution in [3.05, 3.63) is 83.1 Å². The van der Waals surface area contributed by atoms with Crippen molar-refractivity contribution in [2.75, 3.05) is 26.9 Å². The van der Waals surface area contributed by atoms with Gasteiger partial charge in [0.25, 0.3) is 0 Å². The number of aromatic amines is 1. The molecule has 3 aromatic rings. The zero-order valence-electron chi connectivity index (χ0n) is 17.2. The molecule has 154 valence electrons. The molecule has 1 atom stereocenters. The van der Waals surface area contributed by atoms with Crippen LogP contribution in [-0.2, 0) is 32.8 Å². The van der Waals surface area contributed by atoms with Gasteiger partial charge in [-0.3, -0.25) is 4.79 Å². The number of carbonyl (C=O) groups is 1. The molecule has 1 amide bonds. The minimum Gasteiger partial charge on any atom is -0.380 e. The molecule has 2 aliphatic rings. The number of H-pyrrole nitrogens is 1. The first-order valence-corrected chi connectivity index (χ1v) is 10.5. The van der Waals surface area contributed by atoms with Crippen LogP contribution < -0.4 is 0 Å². The van der Waals surface area contributed by atoms with Gasteiger partial charge < -0.3 is 19.4 Å². The van der Waals surface area contributed by atoms with Crippen LogP contribution in [-0.4, -0.2) is 42.7 Å². The zero-order chi connectivity index (χ0) is 20.6. The lowest BCUT2D eigenvalue weighted by atomic mass is 9.79. The SMILES string of the molecule is COCC1=CC(=O)N2CCc3c([nH]c4ccccc34)C12CCOCc1ccccc1. The van der Waals surface area contributed by atoms with Crippen molar-refractivity contribution in [3.63, 3.8) is 0 Å². The molecule has 0 saturated heterocycles. The number of rotatable bonds is 7. The lowest BCUT2D eigenvalue weighted by molar-refractivity contribution is -0.130. The number of ether oxygens (including phenoxy) is 2. The van der Waals surface area contributed by atoms with Gasteiger partial charge in [-0.1, -0.05) is 48.5 Å². The summed E-state index contributed by atoms with van der Waals surface area (Å²) < 4.78 is 11.6. The molecule has 0 fully saturated rings. The standard InChI is InChI=1S/C25H26N2O3/c1-29-17-19-15-23(28)27-13-11-21-20-9-5-6-10-22(20)26-24(21)25(19,27)12-14-30-16-18-7-3-2-4-8-18/h2-10,15,26H,11-14,16-17H2,1H3. The Labute approximate surface area is 176 Å². The molecule has 5 rings (SSSR count). The first kappa shape index (κ1) is 19.1. The molecule has 0 saturated carbocycles. The molecule has 30 heavy (non-hydrogen) atoms. The predicted molar refractivity (Wildman–Crippen MR) is 116 cm³/mol. The average Bonchev–Trinajstić information content (AvgIpc) is 3.28. The molecule has 1 unspecified atom stereocenters. The number of amides is 1. The van der Waals surface area contributed by atoms with E-state index in [9.17, 15) is 4.79 Å². The summed E-state index contributed by atoms with van der Waals surface area (Å²) in [6, 6.07) is 18.6. The molecule has 5 nitrogen and oxygen atoms in total. The van der Waals surface area contributed by atoms with Crippen LogP contribution in [0, 0.1) is 0 Å². The van der Waals surface area contributed by atoms with Crippen LogP contribution in [0.2, 0.25) is 0 Å². The van der Waals surface area contributed by atoms with E-state index in [0.29, 0.717) is 32.8 Å². The zero-order valence-corrected chi connectivity index (χ0v) is 17.2. The first-order chi connectivity index (χ1) is 14.7. The van der Waals surface area contributed by atoms with E-state index in [4.69, 9.17) is 9.47 Å². The largest absolute Gasteiger partial charge is 0.380 e. The van der Waals surface area contributed by atoms with Crippen molar-refractivity contribution in [2.45, 2.75) is 25.0 Å². The molecule has 0 bridgehead atoms. The van der Waals surface area contributed by atoms with Gasteiger partial charge in [0.1, 0.15) is 5.54 Å². The van der Waals surface area contributed by atoms with E-state index < -0.39 is 5.54 Å². The van der Waals surface area contributed by atoms with Gasteiger partial charge >= 0.3 is 0 Å². The Balaban J connectivity index is 1.50. The average molecular weight is 402 g/mol. The van der Waals surface area contributed by atoms with Crippen LogP contribution in [0.1, 0.15) is 23.2 Å². The van der Waals surface area contributed by atoms with Crippen LogP contribution >= 0.6 is 0 Å². The van der Waals surface area contributed by atoms with E-state index >= 15 is 0 Å². The van der Waals surface area contributed by atoms with E-state index in [1.54, 1.807) is 13.2 Å². The summed E-state index contributed by atoms with van der Waals surface area (Å²) in [6.45, 7) is 2.24. The Bertz CT molecular complexity index is 1100. The van der Waals surface area contributed by atoms with Crippen molar-refractivity contribution in [3.8, 4) is 0 Å². The topological polar surface area (TPSA) is 54.6 Å². The Kier molecular flexibility index (Phi) is 4.93. The number of aromatic nitrogens is 1. The number of hydrogen-bond acceptors (Lipinski definition) is 3. The first-order valence-electron chi connectivity index (χ1n) is 10.5. The number of nitrogens with one attached hydrogen (secondary N) is 1. The van der Waals surface area contributed by atoms with Gasteiger partial charge in [0.05, 0.1) is 13.2 Å². The van der Waals surface area contributed by atoms with E-state index in [-0.39, 0.29) is 5.91 Å². The van der Waals surface area contributed by atoms with Crippen molar-refractivity contribution in [1.29, 1.82) is 0 Å². The van der Waals surface area contributed by atoms with Gasteiger partial charge in [-0.2, -0.15) is 0 Å². The molecular weight excluding hydrogens is 376 g/mol. The third kappa shape index (κ3) is 2.97. The summed E-state index contributed by atoms with van der Waals surface area (Å²) in [6.07, 6.45) is 3.31. The number of fused-ring (bicyclic) bond motifs is 5. The number of methoxy groups -OCH3 is 1. The fourth-order valence-electron chi connectivity index (χ4n) is 5.06. The summed E-state index contributed by atoms with van der Waals surface area (Å²) in [7, 11) is 1.68. The maximum Gasteiger partial charge on any atom is 0.247 e. The molecule has 5 heteroatoms. The van der Waals surface area contributed by atoms with Gasteiger partial charge in [-0.05, 0) is 29.2 Å². The normalized spacial score (nSPS) is 20.4. The van der Waals surface area contributed by atoms with Crippen LogP contribution in [0.25, 0.3) is 10.9 Å². The second kappa shape index (κ2) is 7.74. The highest BCUT2D eigenvalue weighted by Gasteiger charge is 2.52. The Morgan fingerprint density at radius 3 is 2.70 bits per heavy atom. The van der Waals surface area contributed by atoms with Crippen LogP contribution in [0.15, 0.2) is 66.2 Å². The fourth-order valence-corrected chi connectivity index (χ4v) is 5.06. The fraction of sp³-hybridized carbons (Fsp3) is 0.320. The number of carbonyl (C=O) groups excluding carboxylic acids is 1. The van der Waals surface area contributed by atoms with Crippen molar-refractivity contribution in [1.82, 2.24) is 9.88 Å². The highest BCUT2D eigenvalue weighted by molar-refractivity contribution is 5.95. The molecule has 0 aliphatic carbocycles. The molecular formula is C25H26N2O3. The maximum absolute atomic E-state index is 12.9. The number of nitrogens with zero attached hydrogens (tertiary/aromatic N) is 1. The van der Waals surface area contributed by atoms with Gasteiger partial charge in [-0.25, -0.2) is 0 Å². The summed E-state index contributed by atoms with van der Waals surface area (Å²) in [5.74, 6) is 0.0643. The monoisotopic (exact) mass is 402 g/mol. The van der Waals surface area contributed by atoms with E-state index in [1.165, 1.54) is 10.9 Å². The van der Waals surface area contributed by atoms with Crippen molar-refractivity contribution in [2.24, 2.45) is 0 Å². The lowest BCUT2D eigenvalue weighted by Crippen LogP contribution is -2.51. The Morgan fingerprint density at radius 2 is 1.87 bits per heavy atom. The number of benzene rings is 2. The van der Waals surface area contributed by atoms with Crippen molar-refractivity contribution >= 4 is 16.8 Å². The Hall–Kier alpha value is -2.89. The predicted octanol–water partition coefficient (Wildman–Crippen LogP) is 3.94. The van der Waals surface area contributed by atoms with Crippen molar-refractivity contribution < 1.29 is 14.3 Å². The third-order valence-corrected chi connectivity index (χ3v) is 6.39. The number of para-hydroxylation sites is 1. The lowest BCUT2D eigenvalue weighted by Gasteiger charge is -2.44. The van der Waals surface area contributed by atoms with Crippen LogP contribution in [0.4, 0.5) is 0 Å². The van der Waals surface area contributed by atoms with E-state index in [1.807, 2.05) is 29.2 Å². The van der Waals surface area contributed by atoms with Crippen LogP contribution in [0.5, 0.6) is 0 Å². The second-order valence-electron chi connectivity index (χ2n) is 8.02. The quantitative estimate of drug-likeness (QED) is 0.609. The molecule has 0 radical (unpaired) electrons. The molecule has 3 heterocycles. The van der Waals surface area contributed by atoms with Crippen LogP contribution in [0.3, 0.4) is 0 Å². The summed E-state index contributed by atoms with van der Waals surface area (Å²) in [5.41, 5.74) is 5.16. The molecule has 0 spiro atoms. The molecule has 1 aromatic heterocycles. The summed E-state index contributed by atoms with van der Waals surface area (Å²) in [4.78, 5) is 18.6. The molecule has 2 aromatic carbocycles.